The Morgan fingerprint density at radius 2 is 2.17 bits per heavy atom. The third-order valence-electron chi connectivity index (χ3n) is 2.55. The first-order valence-corrected chi connectivity index (χ1v) is 6.58. The molecule has 2 aromatic rings. The summed E-state index contributed by atoms with van der Waals surface area (Å²) >= 11 is 7.77. The number of allylic oxidation sites excluding steroid dienone is 1. The molecular formula is C14H11ClO2S. The van der Waals surface area contributed by atoms with Crippen LogP contribution >= 0.6 is 22.9 Å². The molecule has 0 saturated carbocycles. The van der Waals surface area contributed by atoms with Gasteiger partial charge in [0.1, 0.15) is 0 Å². The van der Waals surface area contributed by atoms with E-state index in [0.717, 1.165) is 16.0 Å². The monoisotopic (exact) mass is 278 g/mol. The van der Waals surface area contributed by atoms with Gasteiger partial charge in [-0.15, -0.1) is 11.3 Å². The molecule has 2 nitrogen and oxygen atoms in total. The fourth-order valence-electron chi connectivity index (χ4n) is 1.66. The Balaban J connectivity index is 2.48. The number of hydrogen-bond acceptors (Lipinski definition) is 2. The molecule has 1 aromatic carbocycles. The molecule has 0 saturated heterocycles. The Morgan fingerprint density at radius 1 is 1.39 bits per heavy atom. The normalized spacial score (nSPS) is 11.6. The van der Waals surface area contributed by atoms with E-state index in [4.69, 9.17) is 16.7 Å². The van der Waals surface area contributed by atoms with Crippen molar-refractivity contribution in [3.05, 3.63) is 52.4 Å². The molecule has 4 heteroatoms. The van der Waals surface area contributed by atoms with Crippen molar-refractivity contribution in [3.63, 3.8) is 0 Å². The lowest BCUT2D eigenvalue weighted by atomic mass is 10.0. The van der Waals surface area contributed by atoms with Crippen molar-refractivity contribution in [1.82, 2.24) is 0 Å². The molecule has 0 aliphatic carbocycles. The number of rotatable bonds is 3. The summed E-state index contributed by atoms with van der Waals surface area (Å²) in [6, 6.07) is 9.50. The van der Waals surface area contributed by atoms with Crippen LogP contribution in [0.2, 0.25) is 5.02 Å². The number of carbonyl (C=O) groups is 1. The number of aliphatic carboxylic acids is 1. The van der Waals surface area contributed by atoms with Gasteiger partial charge in [-0.1, -0.05) is 23.7 Å². The zero-order chi connectivity index (χ0) is 13.1. The van der Waals surface area contributed by atoms with Gasteiger partial charge in [0, 0.05) is 21.5 Å². The molecule has 1 heterocycles. The van der Waals surface area contributed by atoms with E-state index in [9.17, 15) is 4.79 Å². The Hall–Kier alpha value is -1.58. The van der Waals surface area contributed by atoms with Crippen LogP contribution < -0.4 is 0 Å². The van der Waals surface area contributed by atoms with Gasteiger partial charge in [0.05, 0.1) is 0 Å². The maximum atomic E-state index is 10.7. The maximum Gasteiger partial charge on any atom is 0.328 e. The van der Waals surface area contributed by atoms with Gasteiger partial charge in [0.25, 0.3) is 0 Å². The Bertz CT molecular complexity index is 600. The van der Waals surface area contributed by atoms with Crippen molar-refractivity contribution >= 4 is 34.5 Å². The summed E-state index contributed by atoms with van der Waals surface area (Å²) in [7, 11) is 0. The lowest BCUT2D eigenvalue weighted by Gasteiger charge is -2.06. The molecule has 1 N–H and O–H groups in total. The average Bonchev–Trinajstić information content (AvgIpc) is 2.82. The van der Waals surface area contributed by atoms with Crippen LogP contribution in [0, 0.1) is 0 Å². The number of halogens is 1. The van der Waals surface area contributed by atoms with Gasteiger partial charge < -0.3 is 5.11 Å². The van der Waals surface area contributed by atoms with Gasteiger partial charge in [0.15, 0.2) is 0 Å². The van der Waals surface area contributed by atoms with Crippen molar-refractivity contribution < 1.29 is 9.90 Å². The van der Waals surface area contributed by atoms with Crippen LogP contribution in [0.3, 0.4) is 0 Å². The predicted octanol–water partition coefficient (Wildman–Crippen LogP) is 4.56. The second-order valence-corrected chi connectivity index (χ2v) is 5.19. The van der Waals surface area contributed by atoms with Crippen LogP contribution in [0.1, 0.15) is 12.5 Å². The second-order valence-electron chi connectivity index (χ2n) is 3.84. The third-order valence-corrected chi connectivity index (χ3v) is 3.78. The maximum absolute atomic E-state index is 10.7. The van der Waals surface area contributed by atoms with Crippen molar-refractivity contribution in [1.29, 1.82) is 0 Å². The van der Waals surface area contributed by atoms with E-state index in [0.29, 0.717) is 10.6 Å². The molecule has 2 rings (SSSR count). The molecule has 0 unspecified atom stereocenters. The molecule has 92 valence electrons. The van der Waals surface area contributed by atoms with Crippen LogP contribution in [0.4, 0.5) is 0 Å². The summed E-state index contributed by atoms with van der Waals surface area (Å²) < 4.78 is 0. The van der Waals surface area contributed by atoms with Crippen molar-refractivity contribution in [2.45, 2.75) is 6.92 Å². The number of hydrogen-bond donors (Lipinski definition) is 1. The first-order chi connectivity index (χ1) is 8.58. The minimum atomic E-state index is -0.944. The Labute approximate surface area is 114 Å². The van der Waals surface area contributed by atoms with E-state index < -0.39 is 5.97 Å². The molecule has 1 aromatic heterocycles. The summed E-state index contributed by atoms with van der Waals surface area (Å²) in [4.78, 5) is 11.7. The van der Waals surface area contributed by atoms with Gasteiger partial charge in [-0.25, -0.2) is 4.79 Å². The SMILES string of the molecule is C/C(=C\C(=O)O)c1ccc(Cl)c(-c2cccs2)c1. The lowest BCUT2D eigenvalue weighted by Crippen LogP contribution is -1.90. The minimum absolute atomic E-state index is 0.671. The fourth-order valence-corrected chi connectivity index (χ4v) is 2.69. The standard InChI is InChI=1S/C14H11ClO2S/c1-9(7-14(16)17)10-4-5-12(15)11(8-10)13-3-2-6-18-13/h2-8H,1H3,(H,16,17)/b9-7+. The first kappa shape index (κ1) is 12.9. The van der Waals surface area contributed by atoms with Gasteiger partial charge in [-0.2, -0.15) is 0 Å². The molecule has 0 radical (unpaired) electrons. The smallest absolute Gasteiger partial charge is 0.328 e. The average molecular weight is 279 g/mol. The molecule has 0 atom stereocenters. The third kappa shape index (κ3) is 2.81. The summed E-state index contributed by atoms with van der Waals surface area (Å²) in [5.41, 5.74) is 2.50. The highest BCUT2D eigenvalue weighted by atomic mass is 35.5. The lowest BCUT2D eigenvalue weighted by molar-refractivity contribution is -0.131. The van der Waals surface area contributed by atoms with E-state index in [1.165, 1.54) is 6.08 Å². The van der Waals surface area contributed by atoms with Crippen molar-refractivity contribution in [2.75, 3.05) is 0 Å². The molecule has 0 spiro atoms. The molecular weight excluding hydrogens is 268 g/mol. The van der Waals surface area contributed by atoms with Crippen molar-refractivity contribution in [3.8, 4) is 10.4 Å². The molecule has 0 fully saturated rings. The molecule has 0 bridgehead atoms. The van der Waals surface area contributed by atoms with Gasteiger partial charge >= 0.3 is 5.97 Å². The molecule has 0 amide bonds. The summed E-state index contributed by atoms with van der Waals surface area (Å²) in [6.07, 6.45) is 1.20. The molecule has 18 heavy (non-hydrogen) atoms. The van der Waals surface area contributed by atoms with E-state index in [-0.39, 0.29) is 0 Å². The predicted molar refractivity (Wildman–Crippen MR) is 76.1 cm³/mol. The second kappa shape index (κ2) is 5.38. The van der Waals surface area contributed by atoms with Crippen LogP contribution in [0.15, 0.2) is 41.8 Å². The highest BCUT2D eigenvalue weighted by Gasteiger charge is 2.07. The van der Waals surface area contributed by atoms with Crippen LogP contribution in [0.5, 0.6) is 0 Å². The Morgan fingerprint density at radius 3 is 2.78 bits per heavy atom. The van der Waals surface area contributed by atoms with Gasteiger partial charge in [-0.05, 0) is 41.6 Å². The van der Waals surface area contributed by atoms with Crippen molar-refractivity contribution in [2.24, 2.45) is 0 Å². The van der Waals surface area contributed by atoms with E-state index in [2.05, 4.69) is 0 Å². The number of benzene rings is 1. The summed E-state index contributed by atoms with van der Waals surface area (Å²) in [6.45, 7) is 1.77. The summed E-state index contributed by atoms with van der Waals surface area (Å²) in [5.74, 6) is -0.944. The highest BCUT2D eigenvalue weighted by Crippen LogP contribution is 2.33. The largest absolute Gasteiger partial charge is 0.478 e. The zero-order valence-electron chi connectivity index (χ0n) is 9.68. The van der Waals surface area contributed by atoms with E-state index in [1.54, 1.807) is 24.3 Å². The van der Waals surface area contributed by atoms with Gasteiger partial charge in [0.2, 0.25) is 0 Å². The molecule has 0 aliphatic rings. The fraction of sp³-hybridized carbons (Fsp3) is 0.0714. The van der Waals surface area contributed by atoms with E-state index >= 15 is 0 Å². The zero-order valence-corrected chi connectivity index (χ0v) is 11.3. The number of carboxylic acid groups (broad SMARTS) is 1. The van der Waals surface area contributed by atoms with Crippen LogP contribution in [-0.2, 0) is 4.79 Å². The van der Waals surface area contributed by atoms with Crippen LogP contribution in [0.25, 0.3) is 16.0 Å². The summed E-state index contributed by atoms with van der Waals surface area (Å²) in [5, 5.41) is 11.4. The van der Waals surface area contributed by atoms with Crippen LogP contribution in [-0.4, -0.2) is 11.1 Å². The highest BCUT2D eigenvalue weighted by molar-refractivity contribution is 7.13. The molecule has 0 aliphatic heterocycles. The first-order valence-electron chi connectivity index (χ1n) is 5.33. The van der Waals surface area contributed by atoms with E-state index in [1.807, 2.05) is 29.6 Å². The van der Waals surface area contributed by atoms with Gasteiger partial charge in [-0.3, -0.25) is 0 Å². The topological polar surface area (TPSA) is 37.3 Å². The Kier molecular flexibility index (Phi) is 3.84. The number of carboxylic acids is 1. The number of thiophene rings is 1. The quantitative estimate of drug-likeness (QED) is 0.836. The minimum Gasteiger partial charge on any atom is -0.478 e.